The first-order chi connectivity index (χ1) is 9.41. The zero-order valence-electron chi connectivity index (χ0n) is 11.3. The number of hydrogen-bond donors (Lipinski definition) is 2. The molecule has 1 aliphatic carbocycles. The molecule has 1 aromatic carbocycles. The third kappa shape index (κ3) is 3.03. The largest absolute Gasteiger partial charge is 0.396 e. The van der Waals surface area contributed by atoms with Crippen LogP contribution in [0.3, 0.4) is 0 Å². The number of benzene rings is 1. The third-order valence-electron chi connectivity index (χ3n) is 3.84. The second-order valence-electron chi connectivity index (χ2n) is 5.19. The molecule has 0 saturated heterocycles. The van der Waals surface area contributed by atoms with Gasteiger partial charge in [-0.2, -0.15) is 0 Å². The van der Waals surface area contributed by atoms with Crippen molar-refractivity contribution in [2.75, 3.05) is 12.8 Å². The fourth-order valence-electron chi connectivity index (χ4n) is 2.61. The molecule has 6 heteroatoms. The minimum atomic E-state index is -0.475. The van der Waals surface area contributed by atoms with Gasteiger partial charge < -0.3 is 15.7 Å². The van der Waals surface area contributed by atoms with E-state index in [1.165, 1.54) is 12.1 Å². The maximum Gasteiger partial charge on any atom is 0.254 e. The Labute approximate surface area is 128 Å². The van der Waals surface area contributed by atoms with Gasteiger partial charge in [0.2, 0.25) is 0 Å². The lowest BCUT2D eigenvalue weighted by atomic mass is 9.91. The number of carbonyl (C=O) groups excluding carboxylic acids is 1. The van der Waals surface area contributed by atoms with Crippen LogP contribution in [0.15, 0.2) is 12.1 Å². The van der Waals surface area contributed by atoms with Gasteiger partial charge in [0.05, 0.1) is 27.9 Å². The normalized spacial score (nSPS) is 22.6. The van der Waals surface area contributed by atoms with Gasteiger partial charge >= 0.3 is 0 Å². The summed E-state index contributed by atoms with van der Waals surface area (Å²) in [6.45, 7) is 0. The number of nitrogens with two attached hydrogens (primary N) is 1. The molecule has 0 aromatic heterocycles. The minimum absolute atomic E-state index is 0.161. The van der Waals surface area contributed by atoms with Crippen molar-refractivity contribution in [2.24, 2.45) is 0 Å². The average Bonchev–Trinajstić information content (AvgIpc) is 2.43. The molecule has 20 heavy (non-hydrogen) atoms. The summed E-state index contributed by atoms with van der Waals surface area (Å²) in [5.41, 5.74) is 6.32. The van der Waals surface area contributed by atoms with Crippen molar-refractivity contribution >= 4 is 34.8 Å². The summed E-state index contributed by atoms with van der Waals surface area (Å²) in [6.07, 6.45) is 3.07. The molecule has 1 saturated carbocycles. The van der Waals surface area contributed by atoms with Crippen molar-refractivity contribution in [1.82, 2.24) is 4.90 Å². The van der Waals surface area contributed by atoms with Gasteiger partial charge in [-0.25, -0.2) is 0 Å². The number of nitrogens with zero attached hydrogens (tertiary/aromatic N) is 1. The van der Waals surface area contributed by atoms with E-state index >= 15 is 0 Å². The first-order valence-electron chi connectivity index (χ1n) is 6.61. The van der Waals surface area contributed by atoms with Gasteiger partial charge in [-0.15, -0.1) is 0 Å². The van der Waals surface area contributed by atoms with Gasteiger partial charge in [0.15, 0.2) is 0 Å². The third-order valence-corrected chi connectivity index (χ3v) is 4.46. The van der Waals surface area contributed by atoms with E-state index in [4.69, 9.17) is 28.9 Å². The van der Waals surface area contributed by atoms with Gasteiger partial charge in [-0.05, 0) is 25.0 Å². The van der Waals surface area contributed by atoms with Crippen LogP contribution in [-0.4, -0.2) is 35.1 Å². The first-order valence-corrected chi connectivity index (χ1v) is 7.37. The van der Waals surface area contributed by atoms with Gasteiger partial charge in [-0.3, -0.25) is 4.79 Å². The Kier molecular flexibility index (Phi) is 4.78. The van der Waals surface area contributed by atoms with E-state index in [1.54, 1.807) is 11.9 Å². The fraction of sp³-hybridized carbons (Fsp3) is 0.500. The quantitative estimate of drug-likeness (QED) is 0.824. The zero-order valence-corrected chi connectivity index (χ0v) is 12.8. The summed E-state index contributed by atoms with van der Waals surface area (Å²) in [5, 5.41) is 10.5. The van der Waals surface area contributed by atoms with Crippen LogP contribution in [0.4, 0.5) is 5.69 Å². The van der Waals surface area contributed by atoms with Gasteiger partial charge in [0.1, 0.15) is 0 Å². The Morgan fingerprint density at radius 1 is 1.30 bits per heavy atom. The molecule has 110 valence electrons. The van der Waals surface area contributed by atoms with Crippen LogP contribution in [0.25, 0.3) is 0 Å². The molecule has 3 N–H and O–H groups in total. The lowest BCUT2D eigenvalue weighted by molar-refractivity contribution is 0.0268. The van der Waals surface area contributed by atoms with Crippen LogP contribution in [-0.2, 0) is 0 Å². The molecule has 2 rings (SSSR count). The molecule has 0 radical (unpaired) electrons. The molecule has 0 bridgehead atoms. The molecule has 0 heterocycles. The molecular formula is C14H18Cl2N2O2. The minimum Gasteiger partial charge on any atom is -0.396 e. The van der Waals surface area contributed by atoms with Crippen LogP contribution in [0.1, 0.15) is 36.0 Å². The number of nitrogen functional groups attached to an aromatic ring is 1. The number of aliphatic hydroxyl groups is 1. The average molecular weight is 317 g/mol. The van der Waals surface area contributed by atoms with Crippen molar-refractivity contribution in [3.05, 3.63) is 27.7 Å². The van der Waals surface area contributed by atoms with Crippen LogP contribution < -0.4 is 5.73 Å². The first kappa shape index (κ1) is 15.4. The lowest BCUT2D eigenvalue weighted by Crippen LogP contribution is -2.46. The summed E-state index contributed by atoms with van der Waals surface area (Å²) in [5.74, 6) is -0.209. The summed E-state index contributed by atoms with van der Waals surface area (Å²) >= 11 is 11.9. The molecular weight excluding hydrogens is 299 g/mol. The predicted octanol–water partition coefficient (Wildman–Crippen LogP) is 2.95. The molecule has 4 nitrogen and oxygen atoms in total. The Hall–Kier alpha value is -0.970. The second kappa shape index (κ2) is 6.20. The standard InChI is InChI=1S/C14H18Cl2N2O2/c1-18(11-4-2-3-5-12(11)19)14(20)8-6-9(15)13(17)10(16)7-8/h6-7,11-12,19H,2-5,17H2,1H3. The number of halogens is 2. The zero-order chi connectivity index (χ0) is 14.9. The molecule has 0 aliphatic heterocycles. The van der Waals surface area contributed by atoms with Crippen LogP contribution in [0.5, 0.6) is 0 Å². The highest BCUT2D eigenvalue weighted by atomic mass is 35.5. The topological polar surface area (TPSA) is 66.6 Å². The van der Waals surface area contributed by atoms with E-state index in [0.717, 1.165) is 25.7 Å². The van der Waals surface area contributed by atoms with E-state index in [1.807, 2.05) is 0 Å². The van der Waals surface area contributed by atoms with Crippen molar-refractivity contribution in [3.8, 4) is 0 Å². The van der Waals surface area contributed by atoms with E-state index in [9.17, 15) is 9.90 Å². The number of carbonyl (C=O) groups is 1. The highest BCUT2D eigenvalue weighted by molar-refractivity contribution is 6.39. The molecule has 2 unspecified atom stereocenters. The van der Waals surface area contributed by atoms with Crippen LogP contribution in [0, 0.1) is 0 Å². The second-order valence-corrected chi connectivity index (χ2v) is 6.00. The molecule has 1 fully saturated rings. The van der Waals surface area contributed by atoms with Crippen molar-refractivity contribution < 1.29 is 9.90 Å². The van der Waals surface area contributed by atoms with Crippen molar-refractivity contribution in [3.63, 3.8) is 0 Å². The van der Waals surface area contributed by atoms with E-state index in [0.29, 0.717) is 5.56 Å². The van der Waals surface area contributed by atoms with E-state index < -0.39 is 6.10 Å². The summed E-state index contributed by atoms with van der Waals surface area (Å²) < 4.78 is 0. The van der Waals surface area contributed by atoms with Gasteiger partial charge in [0.25, 0.3) is 5.91 Å². The van der Waals surface area contributed by atoms with Gasteiger partial charge in [-0.1, -0.05) is 36.0 Å². The van der Waals surface area contributed by atoms with E-state index in [2.05, 4.69) is 0 Å². The van der Waals surface area contributed by atoms with Crippen LogP contribution >= 0.6 is 23.2 Å². The maximum atomic E-state index is 12.5. The molecule has 1 aliphatic rings. The van der Waals surface area contributed by atoms with Crippen molar-refractivity contribution in [2.45, 2.75) is 37.8 Å². The smallest absolute Gasteiger partial charge is 0.254 e. The number of hydrogen-bond acceptors (Lipinski definition) is 3. The Morgan fingerprint density at radius 2 is 1.85 bits per heavy atom. The lowest BCUT2D eigenvalue weighted by Gasteiger charge is -2.35. The Morgan fingerprint density at radius 3 is 2.40 bits per heavy atom. The molecule has 0 spiro atoms. The summed E-state index contributed by atoms with van der Waals surface area (Å²) in [7, 11) is 1.69. The number of anilines is 1. The fourth-order valence-corrected chi connectivity index (χ4v) is 3.09. The summed E-state index contributed by atoms with van der Waals surface area (Å²) in [6, 6.07) is 2.86. The Bertz CT molecular complexity index is 499. The maximum absolute atomic E-state index is 12.5. The Balaban J connectivity index is 2.22. The number of amides is 1. The predicted molar refractivity (Wildman–Crippen MR) is 81.2 cm³/mol. The van der Waals surface area contributed by atoms with Crippen molar-refractivity contribution in [1.29, 1.82) is 0 Å². The monoisotopic (exact) mass is 316 g/mol. The van der Waals surface area contributed by atoms with E-state index in [-0.39, 0.29) is 27.7 Å². The number of rotatable bonds is 2. The number of aliphatic hydroxyl groups excluding tert-OH is 1. The van der Waals surface area contributed by atoms with Gasteiger partial charge in [0, 0.05) is 12.6 Å². The summed E-state index contributed by atoms with van der Waals surface area (Å²) in [4.78, 5) is 14.0. The SMILES string of the molecule is CN(C(=O)c1cc(Cl)c(N)c(Cl)c1)C1CCCCC1O. The van der Waals surface area contributed by atoms with Crippen LogP contribution in [0.2, 0.25) is 10.0 Å². The highest BCUT2D eigenvalue weighted by Gasteiger charge is 2.30. The molecule has 1 aromatic rings. The molecule has 1 amide bonds. The molecule has 2 atom stereocenters. The highest BCUT2D eigenvalue weighted by Crippen LogP contribution is 2.30. The number of likely N-dealkylation sites (N-methyl/N-ethyl adjacent to an activating group) is 1.